The van der Waals surface area contributed by atoms with Crippen molar-refractivity contribution in [3.63, 3.8) is 0 Å². The Hall–Kier alpha value is -2.01. The van der Waals surface area contributed by atoms with Crippen molar-refractivity contribution in [1.29, 1.82) is 0 Å². The summed E-state index contributed by atoms with van der Waals surface area (Å²) in [4.78, 5) is 27.2. The molecule has 1 aliphatic rings. The Morgan fingerprint density at radius 1 is 1.35 bits per heavy atom. The van der Waals surface area contributed by atoms with Gasteiger partial charge in [0.05, 0.1) is 17.3 Å². The van der Waals surface area contributed by atoms with Gasteiger partial charge in [0.1, 0.15) is 5.60 Å². The average molecular weight is 337 g/mol. The van der Waals surface area contributed by atoms with E-state index in [0.717, 1.165) is 11.1 Å². The molecule has 1 aromatic rings. The lowest BCUT2D eigenvalue weighted by Crippen LogP contribution is -2.33. The molecule has 1 heterocycles. The molecule has 0 N–H and O–H groups in total. The fourth-order valence-corrected chi connectivity index (χ4v) is 2.80. The fraction of sp³-hybridized carbons (Fsp3) is 0.412. The van der Waals surface area contributed by atoms with Crippen LogP contribution in [0.2, 0.25) is 5.02 Å². The molecule has 124 valence electrons. The fourth-order valence-electron chi connectivity index (χ4n) is 2.49. The maximum Gasteiger partial charge on any atom is 0.410 e. The normalized spacial score (nSPS) is 13.5. The smallest absolute Gasteiger partial charge is 0.410 e. The van der Waals surface area contributed by atoms with Crippen molar-refractivity contribution in [2.45, 2.75) is 39.5 Å². The van der Waals surface area contributed by atoms with Crippen LogP contribution in [-0.4, -0.2) is 29.5 Å². The maximum absolute atomic E-state index is 12.3. The highest BCUT2D eigenvalue weighted by Gasteiger charge is 2.31. The third-order valence-corrected chi connectivity index (χ3v) is 3.84. The summed E-state index contributed by atoms with van der Waals surface area (Å²) in [6.45, 7) is 9.77. The molecule has 1 aliphatic heterocycles. The Bertz CT molecular complexity index is 665. The molecule has 0 unspecified atom stereocenters. The Labute approximate surface area is 141 Å². The van der Waals surface area contributed by atoms with Crippen LogP contribution in [-0.2, 0) is 22.6 Å². The summed E-state index contributed by atoms with van der Waals surface area (Å²) in [5.74, 6) is -0.254. The minimum Gasteiger partial charge on any atom is -0.444 e. The molecular formula is C17H21ClN2O3. The molecule has 0 spiro atoms. The molecule has 2 rings (SSSR count). The van der Waals surface area contributed by atoms with Gasteiger partial charge < -0.3 is 9.64 Å². The standard InChI is InChI=1S/C17H21ClN2O3/c1-6-14(21)19(5)15-12-10-20(16(22)23-17(2,3)4)9-11(12)7-8-13(15)18/h6-8H,1,9-10H2,2-5H3. The number of carbonyl (C=O) groups excluding carboxylic acids is 2. The highest BCUT2D eigenvalue weighted by atomic mass is 35.5. The van der Waals surface area contributed by atoms with Crippen LogP contribution >= 0.6 is 11.6 Å². The second-order valence-corrected chi connectivity index (χ2v) is 6.88. The van der Waals surface area contributed by atoms with E-state index in [1.54, 1.807) is 18.0 Å². The van der Waals surface area contributed by atoms with Crippen LogP contribution in [0.4, 0.5) is 10.5 Å². The maximum atomic E-state index is 12.3. The zero-order valence-corrected chi connectivity index (χ0v) is 14.6. The van der Waals surface area contributed by atoms with E-state index in [-0.39, 0.29) is 12.0 Å². The van der Waals surface area contributed by atoms with Crippen LogP contribution in [0.25, 0.3) is 0 Å². The molecule has 0 aliphatic carbocycles. The highest BCUT2D eigenvalue weighted by Crippen LogP contribution is 2.37. The van der Waals surface area contributed by atoms with E-state index in [1.165, 1.54) is 11.0 Å². The second-order valence-electron chi connectivity index (χ2n) is 6.47. The van der Waals surface area contributed by atoms with Crippen molar-refractivity contribution in [2.24, 2.45) is 0 Å². The number of carbonyl (C=O) groups is 2. The number of likely N-dealkylation sites (N-methyl/N-ethyl adjacent to an activating group) is 1. The van der Waals surface area contributed by atoms with Gasteiger partial charge >= 0.3 is 6.09 Å². The number of hydrogen-bond donors (Lipinski definition) is 0. The summed E-state index contributed by atoms with van der Waals surface area (Å²) in [7, 11) is 1.64. The third kappa shape index (κ3) is 3.67. The number of nitrogens with zero attached hydrogens (tertiary/aromatic N) is 2. The number of ether oxygens (including phenoxy) is 1. The predicted octanol–water partition coefficient (Wildman–Crippen LogP) is 3.74. The monoisotopic (exact) mass is 336 g/mol. The molecule has 0 atom stereocenters. The molecule has 1 aromatic carbocycles. The van der Waals surface area contributed by atoms with Gasteiger partial charge in [0.2, 0.25) is 5.91 Å². The van der Waals surface area contributed by atoms with E-state index in [2.05, 4.69) is 6.58 Å². The first kappa shape index (κ1) is 17.3. The SMILES string of the molecule is C=CC(=O)N(C)c1c(Cl)ccc2c1CN(C(=O)OC(C)(C)C)C2. The van der Waals surface area contributed by atoms with Gasteiger partial charge in [-0.25, -0.2) is 4.79 Å². The van der Waals surface area contributed by atoms with Gasteiger partial charge in [-0.2, -0.15) is 0 Å². The Kier molecular flexibility index (Phi) is 4.71. The third-order valence-electron chi connectivity index (χ3n) is 3.53. The molecule has 0 bridgehead atoms. The Morgan fingerprint density at radius 2 is 2.00 bits per heavy atom. The van der Waals surface area contributed by atoms with Crippen LogP contribution in [0.3, 0.4) is 0 Å². The summed E-state index contributed by atoms with van der Waals surface area (Å²) in [6, 6.07) is 3.61. The van der Waals surface area contributed by atoms with Gasteiger partial charge in [-0.05, 0) is 38.5 Å². The van der Waals surface area contributed by atoms with Crippen LogP contribution in [0.5, 0.6) is 0 Å². The first-order valence-electron chi connectivity index (χ1n) is 7.32. The lowest BCUT2D eigenvalue weighted by atomic mass is 10.1. The second kappa shape index (κ2) is 6.24. The van der Waals surface area contributed by atoms with E-state index >= 15 is 0 Å². The number of halogens is 1. The summed E-state index contributed by atoms with van der Waals surface area (Å²) < 4.78 is 5.41. The topological polar surface area (TPSA) is 49.9 Å². The average Bonchev–Trinajstić information content (AvgIpc) is 2.88. The summed E-state index contributed by atoms with van der Waals surface area (Å²) >= 11 is 6.27. The highest BCUT2D eigenvalue weighted by molar-refractivity contribution is 6.34. The van der Waals surface area contributed by atoms with Gasteiger partial charge in [-0.15, -0.1) is 0 Å². The molecule has 2 amide bonds. The lowest BCUT2D eigenvalue weighted by Gasteiger charge is -2.24. The first-order chi connectivity index (χ1) is 10.6. The summed E-state index contributed by atoms with van der Waals surface area (Å²) in [5.41, 5.74) is 1.88. The minimum absolute atomic E-state index is 0.254. The van der Waals surface area contributed by atoms with Crippen LogP contribution in [0.1, 0.15) is 31.9 Å². The van der Waals surface area contributed by atoms with Gasteiger partial charge in [0.15, 0.2) is 0 Å². The van der Waals surface area contributed by atoms with E-state index in [1.807, 2.05) is 26.8 Å². The first-order valence-corrected chi connectivity index (χ1v) is 7.70. The van der Waals surface area contributed by atoms with Crippen molar-refractivity contribution in [3.8, 4) is 0 Å². The van der Waals surface area contributed by atoms with Crippen LogP contribution in [0.15, 0.2) is 24.8 Å². The van der Waals surface area contributed by atoms with E-state index < -0.39 is 5.60 Å². The van der Waals surface area contributed by atoms with Gasteiger partial charge in [0, 0.05) is 19.2 Å². The molecule has 0 saturated heterocycles. The van der Waals surface area contributed by atoms with Gasteiger partial charge in [-0.1, -0.05) is 24.2 Å². The lowest BCUT2D eigenvalue weighted by molar-refractivity contribution is -0.113. The number of amides is 2. The quantitative estimate of drug-likeness (QED) is 0.773. The Morgan fingerprint density at radius 3 is 2.57 bits per heavy atom. The molecule has 0 radical (unpaired) electrons. The number of benzene rings is 1. The number of rotatable bonds is 2. The minimum atomic E-state index is -0.554. The van der Waals surface area contributed by atoms with E-state index in [9.17, 15) is 9.59 Å². The molecule has 5 nitrogen and oxygen atoms in total. The number of fused-ring (bicyclic) bond motifs is 1. The largest absolute Gasteiger partial charge is 0.444 e. The van der Waals surface area contributed by atoms with Crippen molar-refractivity contribution < 1.29 is 14.3 Å². The Balaban J connectivity index is 2.31. The van der Waals surface area contributed by atoms with E-state index in [4.69, 9.17) is 16.3 Å². The molecule has 6 heteroatoms. The molecule has 0 saturated carbocycles. The zero-order valence-electron chi connectivity index (χ0n) is 13.9. The summed E-state index contributed by atoms with van der Waals surface area (Å²) in [6.07, 6.45) is 0.851. The number of anilines is 1. The summed E-state index contributed by atoms with van der Waals surface area (Å²) in [5, 5.41) is 0.465. The van der Waals surface area contributed by atoms with Crippen molar-refractivity contribution in [2.75, 3.05) is 11.9 Å². The predicted molar refractivity (Wildman–Crippen MR) is 90.5 cm³/mol. The van der Waals surface area contributed by atoms with Crippen molar-refractivity contribution in [1.82, 2.24) is 4.90 Å². The van der Waals surface area contributed by atoms with Gasteiger partial charge in [0.25, 0.3) is 0 Å². The molecular weight excluding hydrogens is 316 g/mol. The molecule has 0 fully saturated rings. The van der Waals surface area contributed by atoms with Gasteiger partial charge in [-0.3, -0.25) is 9.69 Å². The van der Waals surface area contributed by atoms with Crippen LogP contribution < -0.4 is 4.90 Å². The van der Waals surface area contributed by atoms with Crippen LogP contribution in [0, 0.1) is 0 Å². The molecule has 0 aromatic heterocycles. The zero-order chi connectivity index (χ0) is 17.4. The van der Waals surface area contributed by atoms with E-state index in [0.29, 0.717) is 23.8 Å². The van der Waals surface area contributed by atoms with Crippen molar-refractivity contribution in [3.05, 3.63) is 40.9 Å². The molecule has 23 heavy (non-hydrogen) atoms. The number of hydrogen-bond acceptors (Lipinski definition) is 3. The van der Waals surface area contributed by atoms with Crippen molar-refractivity contribution >= 4 is 29.3 Å².